The highest BCUT2D eigenvalue weighted by molar-refractivity contribution is 5.93. The maximum atomic E-state index is 11.8. The Balaban J connectivity index is 2.14. The Hall–Kier alpha value is -1.63. The van der Waals surface area contributed by atoms with E-state index in [0.29, 0.717) is 31.2 Å². The largest absolute Gasteiger partial charge is 0.495 e. The van der Waals surface area contributed by atoms with Crippen LogP contribution in [0.4, 0.5) is 5.69 Å². The third kappa shape index (κ3) is 7.65. The summed E-state index contributed by atoms with van der Waals surface area (Å²) in [6, 6.07) is 7.32. The fraction of sp³-hybridized carbons (Fsp3) is 0.533. The molecule has 0 bridgehead atoms. The predicted molar refractivity (Wildman–Crippen MR) is 83.9 cm³/mol. The summed E-state index contributed by atoms with van der Waals surface area (Å²) >= 11 is 0. The Morgan fingerprint density at radius 2 is 2.00 bits per heavy atom. The second-order valence-electron chi connectivity index (χ2n) is 4.84. The first-order valence-electron chi connectivity index (χ1n) is 6.99. The van der Waals surface area contributed by atoms with Crippen molar-refractivity contribution >= 4 is 11.6 Å². The lowest BCUT2D eigenvalue weighted by atomic mass is 10.3. The van der Waals surface area contributed by atoms with Crippen molar-refractivity contribution in [3.63, 3.8) is 0 Å². The molecular formula is C15H25N3O3. The molecule has 0 spiro atoms. The Morgan fingerprint density at radius 3 is 2.71 bits per heavy atom. The van der Waals surface area contributed by atoms with Crippen molar-refractivity contribution in [1.29, 1.82) is 0 Å². The summed E-state index contributed by atoms with van der Waals surface area (Å²) in [6.07, 6.45) is 0. The lowest BCUT2D eigenvalue weighted by Crippen LogP contribution is -2.31. The molecular weight excluding hydrogens is 270 g/mol. The summed E-state index contributed by atoms with van der Waals surface area (Å²) in [6.45, 7) is 3.08. The van der Waals surface area contributed by atoms with Crippen LogP contribution in [-0.2, 0) is 9.53 Å². The lowest BCUT2D eigenvalue weighted by Gasteiger charge is -2.11. The Labute approximate surface area is 126 Å². The SMILES string of the molecule is COc1ccccc1NC(=O)CNCCOCCN(C)C. The van der Waals surface area contributed by atoms with Gasteiger partial charge in [0.05, 0.1) is 32.6 Å². The minimum atomic E-state index is -0.104. The quantitative estimate of drug-likeness (QED) is 0.625. The molecule has 1 rings (SSSR count). The molecule has 0 unspecified atom stereocenters. The number of rotatable bonds is 10. The molecule has 21 heavy (non-hydrogen) atoms. The van der Waals surface area contributed by atoms with Crippen LogP contribution in [0.5, 0.6) is 5.75 Å². The number of carbonyl (C=O) groups is 1. The van der Waals surface area contributed by atoms with Crippen LogP contribution in [0.25, 0.3) is 0 Å². The maximum absolute atomic E-state index is 11.8. The molecule has 0 aliphatic rings. The number of nitrogens with one attached hydrogen (secondary N) is 2. The Bertz CT molecular complexity index is 424. The molecule has 6 heteroatoms. The van der Waals surface area contributed by atoms with Crippen LogP contribution >= 0.6 is 0 Å². The molecule has 0 radical (unpaired) electrons. The second kappa shape index (κ2) is 10.1. The van der Waals surface area contributed by atoms with Crippen molar-refractivity contribution in [2.45, 2.75) is 0 Å². The highest BCUT2D eigenvalue weighted by Gasteiger charge is 2.05. The van der Waals surface area contributed by atoms with Crippen molar-refractivity contribution in [1.82, 2.24) is 10.2 Å². The molecule has 1 amide bonds. The van der Waals surface area contributed by atoms with Gasteiger partial charge in [-0.25, -0.2) is 0 Å². The zero-order valence-electron chi connectivity index (χ0n) is 13.0. The van der Waals surface area contributed by atoms with E-state index < -0.39 is 0 Å². The maximum Gasteiger partial charge on any atom is 0.238 e. The topological polar surface area (TPSA) is 62.8 Å². The van der Waals surface area contributed by atoms with Crippen LogP contribution in [0.1, 0.15) is 0 Å². The average molecular weight is 295 g/mol. The van der Waals surface area contributed by atoms with Crippen molar-refractivity contribution < 1.29 is 14.3 Å². The molecule has 2 N–H and O–H groups in total. The van der Waals surface area contributed by atoms with E-state index in [1.807, 2.05) is 32.3 Å². The van der Waals surface area contributed by atoms with E-state index in [-0.39, 0.29) is 12.5 Å². The van der Waals surface area contributed by atoms with Crippen molar-refractivity contribution in [2.75, 3.05) is 59.4 Å². The average Bonchev–Trinajstić information content (AvgIpc) is 2.46. The number of nitrogens with zero attached hydrogens (tertiary/aromatic N) is 1. The number of benzene rings is 1. The predicted octanol–water partition coefficient (Wildman–Crippen LogP) is 0.801. The number of ether oxygens (including phenoxy) is 2. The number of hydrogen-bond donors (Lipinski definition) is 2. The van der Waals surface area contributed by atoms with Crippen LogP contribution in [-0.4, -0.2) is 64.9 Å². The molecule has 0 fully saturated rings. The fourth-order valence-electron chi connectivity index (χ4n) is 1.64. The number of carbonyl (C=O) groups excluding carboxylic acids is 1. The van der Waals surface area contributed by atoms with E-state index in [0.717, 1.165) is 6.54 Å². The number of hydrogen-bond acceptors (Lipinski definition) is 5. The number of methoxy groups -OCH3 is 1. The summed E-state index contributed by atoms with van der Waals surface area (Å²) in [5.41, 5.74) is 0.675. The molecule has 0 heterocycles. The van der Waals surface area contributed by atoms with Gasteiger partial charge < -0.3 is 25.0 Å². The van der Waals surface area contributed by atoms with E-state index >= 15 is 0 Å². The molecule has 118 valence electrons. The monoisotopic (exact) mass is 295 g/mol. The van der Waals surface area contributed by atoms with Gasteiger partial charge in [0.25, 0.3) is 0 Å². The standard InChI is InChI=1S/C15H25N3O3/c1-18(2)9-11-21-10-8-16-12-15(19)17-13-6-4-5-7-14(13)20-3/h4-7,16H,8-12H2,1-3H3,(H,17,19). The smallest absolute Gasteiger partial charge is 0.238 e. The fourth-order valence-corrected chi connectivity index (χ4v) is 1.64. The van der Waals surface area contributed by atoms with Gasteiger partial charge in [-0.15, -0.1) is 0 Å². The van der Waals surface area contributed by atoms with Crippen LogP contribution in [0.3, 0.4) is 0 Å². The normalized spacial score (nSPS) is 10.7. The number of likely N-dealkylation sites (N-methyl/N-ethyl adjacent to an activating group) is 1. The van der Waals surface area contributed by atoms with Crippen molar-refractivity contribution in [3.8, 4) is 5.75 Å². The van der Waals surface area contributed by atoms with Crippen LogP contribution in [0.15, 0.2) is 24.3 Å². The summed E-state index contributed by atoms with van der Waals surface area (Å²) in [7, 11) is 5.59. The van der Waals surface area contributed by atoms with Gasteiger partial charge in [0, 0.05) is 13.1 Å². The molecule has 0 saturated carbocycles. The minimum Gasteiger partial charge on any atom is -0.495 e. The molecule has 1 aromatic carbocycles. The van der Waals surface area contributed by atoms with Gasteiger partial charge in [0.15, 0.2) is 0 Å². The van der Waals surface area contributed by atoms with Gasteiger partial charge in [-0.3, -0.25) is 4.79 Å². The highest BCUT2D eigenvalue weighted by atomic mass is 16.5. The van der Waals surface area contributed by atoms with Gasteiger partial charge >= 0.3 is 0 Å². The van der Waals surface area contributed by atoms with E-state index in [2.05, 4.69) is 15.5 Å². The lowest BCUT2D eigenvalue weighted by molar-refractivity contribution is -0.115. The second-order valence-corrected chi connectivity index (χ2v) is 4.84. The van der Waals surface area contributed by atoms with E-state index in [4.69, 9.17) is 9.47 Å². The molecule has 0 atom stereocenters. The van der Waals surface area contributed by atoms with Gasteiger partial charge in [0.1, 0.15) is 5.75 Å². The summed E-state index contributed by atoms with van der Waals surface area (Å²) < 4.78 is 10.6. The van der Waals surface area contributed by atoms with Crippen molar-refractivity contribution in [2.24, 2.45) is 0 Å². The van der Waals surface area contributed by atoms with Crippen LogP contribution < -0.4 is 15.4 Å². The molecule has 0 aliphatic heterocycles. The Kier molecular flexibility index (Phi) is 8.42. The number of para-hydroxylation sites is 2. The number of anilines is 1. The number of amides is 1. The summed E-state index contributed by atoms with van der Waals surface area (Å²) in [4.78, 5) is 13.8. The molecule has 0 aliphatic carbocycles. The third-order valence-corrected chi connectivity index (χ3v) is 2.77. The third-order valence-electron chi connectivity index (χ3n) is 2.77. The first-order chi connectivity index (χ1) is 10.1. The van der Waals surface area contributed by atoms with E-state index in [1.165, 1.54) is 0 Å². The van der Waals surface area contributed by atoms with Crippen LogP contribution in [0.2, 0.25) is 0 Å². The first kappa shape index (κ1) is 17.4. The van der Waals surface area contributed by atoms with Crippen molar-refractivity contribution in [3.05, 3.63) is 24.3 Å². The minimum absolute atomic E-state index is 0.104. The molecule has 1 aromatic rings. The summed E-state index contributed by atoms with van der Waals surface area (Å²) in [5.74, 6) is 0.547. The molecule has 0 saturated heterocycles. The Morgan fingerprint density at radius 1 is 1.24 bits per heavy atom. The van der Waals surface area contributed by atoms with Gasteiger partial charge in [-0.2, -0.15) is 0 Å². The van der Waals surface area contributed by atoms with Gasteiger partial charge in [-0.1, -0.05) is 12.1 Å². The zero-order valence-corrected chi connectivity index (χ0v) is 13.0. The van der Waals surface area contributed by atoms with Crippen LogP contribution in [0, 0.1) is 0 Å². The zero-order chi connectivity index (χ0) is 15.5. The molecule has 6 nitrogen and oxygen atoms in total. The molecule has 0 aromatic heterocycles. The summed E-state index contributed by atoms with van der Waals surface area (Å²) in [5, 5.41) is 5.84. The van der Waals surface area contributed by atoms with Gasteiger partial charge in [-0.05, 0) is 26.2 Å². The van der Waals surface area contributed by atoms with Gasteiger partial charge in [0.2, 0.25) is 5.91 Å². The first-order valence-corrected chi connectivity index (χ1v) is 6.99. The van der Waals surface area contributed by atoms with E-state index in [1.54, 1.807) is 13.2 Å². The highest BCUT2D eigenvalue weighted by Crippen LogP contribution is 2.22. The van der Waals surface area contributed by atoms with E-state index in [9.17, 15) is 4.79 Å².